The van der Waals surface area contributed by atoms with E-state index >= 15 is 0 Å². The lowest BCUT2D eigenvalue weighted by atomic mass is 10.0. The maximum Gasteiger partial charge on any atom is 0.326 e. The molecule has 10 heteroatoms. The normalized spacial score (nSPS) is 13.4. The molecule has 3 unspecified atom stereocenters. The molecule has 3 atom stereocenters. The van der Waals surface area contributed by atoms with E-state index in [0.29, 0.717) is 0 Å². The lowest BCUT2D eigenvalue weighted by Crippen LogP contribution is -2.55. The van der Waals surface area contributed by atoms with E-state index in [1.165, 1.54) is 12.1 Å². The van der Waals surface area contributed by atoms with E-state index in [9.17, 15) is 29.4 Å². The van der Waals surface area contributed by atoms with Crippen LogP contribution in [0.2, 0.25) is 0 Å². The maximum atomic E-state index is 12.9. The summed E-state index contributed by atoms with van der Waals surface area (Å²) >= 11 is 0. The Balaban J connectivity index is 2.12. The minimum absolute atomic E-state index is 0.0840. The Morgan fingerprint density at radius 2 is 1.39 bits per heavy atom. The number of benzene rings is 2. The summed E-state index contributed by atoms with van der Waals surface area (Å²) < 4.78 is 0. The fraction of sp³-hybridized carbons (Fsp3) is 0.304. The zero-order valence-corrected chi connectivity index (χ0v) is 17.9. The van der Waals surface area contributed by atoms with Crippen LogP contribution in [0.1, 0.15) is 24.0 Å². The van der Waals surface area contributed by atoms with Crippen LogP contribution in [-0.4, -0.2) is 52.0 Å². The van der Waals surface area contributed by atoms with Crippen LogP contribution in [0.15, 0.2) is 54.6 Å². The van der Waals surface area contributed by atoms with Gasteiger partial charge in [-0.3, -0.25) is 14.4 Å². The summed E-state index contributed by atoms with van der Waals surface area (Å²) in [5.74, 6) is -3.24. The van der Waals surface area contributed by atoms with Crippen LogP contribution in [-0.2, 0) is 32.0 Å². The van der Waals surface area contributed by atoms with Crippen LogP contribution in [0.5, 0.6) is 5.75 Å². The topological polar surface area (TPSA) is 185 Å². The van der Waals surface area contributed by atoms with Gasteiger partial charge in [0, 0.05) is 12.8 Å². The minimum atomic E-state index is -1.34. The standard InChI is InChI=1S/C23H28N4O6/c24-17(12-15-6-8-16(28)9-7-15)21(30)27-19(13-14-4-2-1-3-5-14)22(31)26-18(23(32)33)10-11-20(25)29/h1-9,17-19,28H,10-13,24H2,(H2,25,29)(H,26,31)(H,27,30)(H,32,33). The molecule has 10 nitrogen and oxygen atoms in total. The molecular weight excluding hydrogens is 428 g/mol. The Labute approximate surface area is 191 Å². The molecule has 2 rings (SSSR count). The van der Waals surface area contributed by atoms with Crippen LogP contribution < -0.4 is 22.1 Å². The maximum absolute atomic E-state index is 12.9. The zero-order chi connectivity index (χ0) is 24.4. The van der Waals surface area contributed by atoms with E-state index in [-0.39, 0.29) is 31.4 Å². The first-order chi connectivity index (χ1) is 15.7. The second-order valence-electron chi connectivity index (χ2n) is 7.63. The fourth-order valence-corrected chi connectivity index (χ4v) is 3.13. The van der Waals surface area contributed by atoms with Gasteiger partial charge in [0.25, 0.3) is 0 Å². The minimum Gasteiger partial charge on any atom is -0.508 e. The molecule has 176 valence electrons. The molecule has 0 saturated heterocycles. The number of carboxylic acids is 1. The van der Waals surface area contributed by atoms with Crippen molar-refractivity contribution < 1.29 is 29.4 Å². The van der Waals surface area contributed by atoms with E-state index in [2.05, 4.69) is 10.6 Å². The summed E-state index contributed by atoms with van der Waals surface area (Å²) in [6, 6.07) is 11.7. The molecule has 2 aromatic rings. The van der Waals surface area contributed by atoms with Crippen LogP contribution in [0.4, 0.5) is 0 Å². The number of carboxylic acid groups (broad SMARTS) is 1. The Morgan fingerprint density at radius 1 is 0.818 bits per heavy atom. The van der Waals surface area contributed by atoms with E-state index in [1.54, 1.807) is 42.5 Å². The van der Waals surface area contributed by atoms with Crippen LogP contribution >= 0.6 is 0 Å². The van der Waals surface area contributed by atoms with Crippen LogP contribution in [0.3, 0.4) is 0 Å². The third-order valence-electron chi connectivity index (χ3n) is 4.94. The predicted molar refractivity (Wildman–Crippen MR) is 120 cm³/mol. The van der Waals surface area contributed by atoms with Gasteiger partial charge in [-0.05, 0) is 36.1 Å². The van der Waals surface area contributed by atoms with Gasteiger partial charge in [-0.15, -0.1) is 0 Å². The molecule has 0 aliphatic rings. The molecule has 0 aliphatic heterocycles. The van der Waals surface area contributed by atoms with Crippen molar-refractivity contribution in [1.82, 2.24) is 10.6 Å². The first-order valence-electron chi connectivity index (χ1n) is 10.3. The number of nitrogens with two attached hydrogens (primary N) is 2. The molecule has 0 heterocycles. The molecule has 0 bridgehead atoms. The molecular formula is C23H28N4O6. The van der Waals surface area contributed by atoms with Crippen molar-refractivity contribution >= 4 is 23.7 Å². The Hall–Kier alpha value is -3.92. The van der Waals surface area contributed by atoms with Crippen molar-refractivity contribution in [2.24, 2.45) is 11.5 Å². The number of carbonyl (C=O) groups excluding carboxylic acids is 3. The smallest absolute Gasteiger partial charge is 0.326 e. The number of amides is 3. The van der Waals surface area contributed by atoms with Gasteiger partial charge in [0.05, 0.1) is 6.04 Å². The van der Waals surface area contributed by atoms with Gasteiger partial charge in [-0.2, -0.15) is 0 Å². The second kappa shape index (κ2) is 12.2. The quantitative estimate of drug-likeness (QED) is 0.256. The highest BCUT2D eigenvalue weighted by Crippen LogP contribution is 2.11. The number of phenolic OH excluding ortho intramolecular Hbond substituents is 1. The Morgan fingerprint density at radius 3 is 1.97 bits per heavy atom. The van der Waals surface area contributed by atoms with E-state index in [4.69, 9.17) is 11.5 Å². The fourth-order valence-electron chi connectivity index (χ4n) is 3.13. The van der Waals surface area contributed by atoms with Gasteiger partial charge in [0.1, 0.15) is 17.8 Å². The van der Waals surface area contributed by atoms with Gasteiger partial charge in [0.15, 0.2) is 0 Å². The second-order valence-corrected chi connectivity index (χ2v) is 7.63. The third kappa shape index (κ3) is 8.62. The summed E-state index contributed by atoms with van der Waals surface area (Å²) in [5.41, 5.74) is 12.5. The molecule has 0 aliphatic carbocycles. The Bertz CT molecular complexity index is 965. The third-order valence-corrected chi connectivity index (χ3v) is 4.94. The highest BCUT2D eigenvalue weighted by molar-refractivity contribution is 5.92. The van der Waals surface area contributed by atoms with E-state index < -0.39 is 41.8 Å². The van der Waals surface area contributed by atoms with Crippen molar-refractivity contribution in [3.63, 3.8) is 0 Å². The number of phenols is 1. The monoisotopic (exact) mass is 456 g/mol. The van der Waals surface area contributed by atoms with Crippen molar-refractivity contribution in [1.29, 1.82) is 0 Å². The predicted octanol–water partition coefficient (Wildman–Crippen LogP) is -0.176. The number of primary amides is 1. The largest absolute Gasteiger partial charge is 0.508 e. The number of nitrogens with one attached hydrogen (secondary N) is 2. The number of rotatable bonds is 12. The first-order valence-corrected chi connectivity index (χ1v) is 10.3. The van der Waals surface area contributed by atoms with Crippen LogP contribution in [0.25, 0.3) is 0 Å². The lowest BCUT2D eigenvalue weighted by Gasteiger charge is -2.23. The molecule has 0 saturated carbocycles. The molecule has 2 aromatic carbocycles. The van der Waals surface area contributed by atoms with Gasteiger partial charge < -0.3 is 32.3 Å². The molecule has 0 aromatic heterocycles. The SMILES string of the molecule is NC(=O)CCC(NC(=O)C(Cc1ccccc1)NC(=O)C(N)Cc1ccc(O)cc1)C(=O)O. The zero-order valence-electron chi connectivity index (χ0n) is 17.9. The average Bonchev–Trinajstić information content (AvgIpc) is 2.77. The van der Waals surface area contributed by atoms with E-state index in [1.807, 2.05) is 0 Å². The number of hydrogen-bond acceptors (Lipinski definition) is 6. The molecule has 0 radical (unpaired) electrons. The highest BCUT2D eigenvalue weighted by Gasteiger charge is 2.28. The first kappa shape index (κ1) is 25.3. The average molecular weight is 456 g/mol. The molecule has 0 spiro atoms. The summed E-state index contributed by atoms with van der Waals surface area (Å²) in [6.45, 7) is 0. The van der Waals surface area contributed by atoms with Gasteiger partial charge in [-0.25, -0.2) is 4.79 Å². The number of carbonyl (C=O) groups is 4. The van der Waals surface area contributed by atoms with E-state index in [0.717, 1.165) is 11.1 Å². The molecule has 3 amide bonds. The van der Waals surface area contributed by atoms with Crippen molar-refractivity contribution in [2.75, 3.05) is 0 Å². The molecule has 8 N–H and O–H groups in total. The Kier molecular flexibility index (Phi) is 9.37. The number of hydrogen-bond donors (Lipinski definition) is 6. The number of aromatic hydroxyl groups is 1. The van der Waals surface area contributed by atoms with Gasteiger partial charge >= 0.3 is 5.97 Å². The highest BCUT2D eigenvalue weighted by atomic mass is 16.4. The van der Waals surface area contributed by atoms with Crippen molar-refractivity contribution in [2.45, 2.75) is 43.8 Å². The van der Waals surface area contributed by atoms with Gasteiger partial charge in [-0.1, -0.05) is 42.5 Å². The summed E-state index contributed by atoms with van der Waals surface area (Å²) in [5, 5.41) is 23.7. The molecule has 0 fully saturated rings. The summed E-state index contributed by atoms with van der Waals surface area (Å²) in [4.78, 5) is 48.1. The van der Waals surface area contributed by atoms with Crippen molar-refractivity contribution in [3.05, 3.63) is 65.7 Å². The molecule has 33 heavy (non-hydrogen) atoms. The number of aliphatic carboxylic acids is 1. The summed E-state index contributed by atoms with van der Waals surface area (Å²) in [7, 11) is 0. The lowest BCUT2D eigenvalue weighted by molar-refractivity contribution is -0.142. The van der Waals surface area contributed by atoms with Crippen LogP contribution in [0, 0.1) is 0 Å². The van der Waals surface area contributed by atoms with Crippen molar-refractivity contribution in [3.8, 4) is 5.75 Å². The summed E-state index contributed by atoms with van der Waals surface area (Å²) in [6.07, 6.45) is -0.123. The van der Waals surface area contributed by atoms with Gasteiger partial charge in [0.2, 0.25) is 17.7 Å².